The van der Waals surface area contributed by atoms with Gasteiger partial charge in [0.05, 0.1) is 12.1 Å². The van der Waals surface area contributed by atoms with Gasteiger partial charge in [0.25, 0.3) is 10.0 Å². The lowest BCUT2D eigenvalue weighted by molar-refractivity contribution is 0.0679. The first-order valence-electron chi connectivity index (χ1n) is 4.65. The highest BCUT2D eigenvalue weighted by atomic mass is 32.2. The predicted molar refractivity (Wildman–Crippen MR) is 60.2 cm³/mol. The van der Waals surface area contributed by atoms with Gasteiger partial charge in [-0.2, -0.15) is 0 Å². The van der Waals surface area contributed by atoms with Crippen LogP contribution in [-0.2, 0) is 14.9 Å². The van der Waals surface area contributed by atoms with Crippen LogP contribution in [-0.4, -0.2) is 31.1 Å². The predicted octanol–water partition coefficient (Wildman–Crippen LogP) is 0.707. The third kappa shape index (κ3) is 3.73. The van der Waals surface area contributed by atoms with Crippen molar-refractivity contribution in [1.82, 2.24) is 9.87 Å². The fourth-order valence-electron chi connectivity index (χ4n) is 0.885. The van der Waals surface area contributed by atoms with E-state index in [2.05, 4.69) is 4.98 Å². The Balaban J connectivity index is 2.83. The third-order valence-electron chi connectivity index (χ3n) is 1.57. The van der Waals surface area contributed by atoms with Gasteiger partial charge in [-0.25, -0.2) is 18.2 Å². The zero-order valence-electron chi connectivity index (χ0n) is 9.21. The lowest BCUT2D eigenvalue weighted by Gasteiger charge is -2.07. The first-order chi connectivity index (χ1) is 7.84. The summed E-state index contributed by atoms with van der Waals surface area (Å²) < 4.78 is 23.0. The van der Waals surface area contributed by atoms with Crippen LogP contribution in [0.15, 0.2) is 9.72 Å². The summed E-state index contributed by atoms with van der Waals surface area (Å²) in [5, 5.41) is 8.74. The smallest absolute Gasteiger partial charge is 0.356 e. The molecule has 96 valence electrons. The molecule has 0 saturated heterocycles. The van der Waals surface area contributed by atoms with Crippen molar-refractivity contribution in [2.45, 2.75) is 18.1 Å². The van der Waals surface area contributed by atoms with E-state index in [1.54, 1.807) is 0 Å². The molecule has 0 saturated carbocycles. The topological polar surface area (TPSA) is 106 Å². The second kappa shape index (κ2) is 5.54. The van der Waals surface area contributed by atoms with Crippen molar-refractivity contribution in [3.8, 4) is 0 Å². The van der Waals surface area contributed by atoms with Crippen LogP contribution in [0.4, 0.5) is 0 Å². The molecule has 0 atom stereocenters. The van der Waals surface area contributed by atoms with Crippen molar-refractivity contribution in [3.05, 3.63) is 11.2 Å². The average molecular weight is 280 g/mol. The van der Waals surface area contributed by atoms with E-state index in [1.165, 1.54) is 0 Å². The highest BCUT2D eigenvalue weighted by molar-refractivity contribution is 7.91. The molecule has 0 aliphatic rings. The molecule has 0 bridgehead atoms. The van der Waals surface area contributed by atoms with Gasteiger partial charge in [-0.1, -0.05) is 18.7 Å². The molecule has 0 radical (unpaired) electrons. The van der Waals surface area contributed by atoms with Crippen LogP contribution in [0.3, 0.4) is 0 Å². The first-order valence-corrected chi connectivity index (χ1v) is 7.01. The fraction of sp³-hybridized carbons (Fsp3) is 0.500. The van der Waals surface area contributed by atoms with Crippen LogP contribution >= 0.6 is 11.3 Å². The summed E-state index contributed by atoms with van der Waals surface area (Å²) in [6.45, 7) is 3.90. The van der Waals surface area contributed by atoms with E-state index < -0.39 is 21.7 Å². The number of aromatic nitrogens is 1. The highest BCUT2D eigenvalue weighted by Crippen LogP contribution is 2.19. The molecule has 7 nitrogen and oxygen atoms in total. The zero-order chi connectivity index (χ0) is 13.1. The molecule has 0 amide bonds. The number of sulfonamides is 1. The fourth-order valence-corrected chi connectivity index (χ4v) is 2.82. The van der Waals surface area contributed by atoms with Gasteiger partial charge in [-0.3, -0.25) is 4.84 Å². The Labute approximate surface area is 102 Å². The van der Waals surface area contributed by atoms with Gasteiger partial charge in [0, 0.05) is 0 Å². The molecule has 1 aromatic heterocycles. The lowest BCUT2D eigenvalue weighted by atomic mass is 10.2. The molecule has 0 aliphatic carbocycles. The van der Waals surface area contributed by atoms with Crippen LogP contribution in [0.25, 0.3) is 0 Å². The third-order valence-corrected chi connectivity index (χ3v) is 4.15. The van der Waals surface area contributed by atoms with Crippen LogP contribution in [0, 0.1) is 5.92 Å². The van der Waals surface area contributed by atoms with Crippen molar-refractivity contribution in [1.29, 1.82) is 0 Å². The van der Waals surface area contributed by atoms with Gasteiger partial charge in [-0.15, -0.1) is 11.3 Å². The minimum absolute atomic E-state index is 0.151. The molecule has 9 heteroatoms. The number of carboxylic acids is 1. The van der Waals surface area contributed by atoms with Crippen molar-refractivity contribution in [2.24, 2.45) is 5.92 Å². The van der Waals surface area contributed by atoms with Gasteiger partial charge in [-0.05, 0) is 5.92 Å². The zero-order valence-corrected chi connectivity index (χ0v) is 10.8. The molecular weight excluding hydrogens is 268 g/mol. The van der Waals surface area contributed by atoms with Crippen molar-refractivity contribution >= 4 is 27.3 Å². The van der Waals surface area contributed by atoms with Crippen LogP contribution in [0.1, 0.15) is 24.3 Å². The Morgan fingerprint density at radius 1 is 1.65 bits per heavy atom. The molecule has 2 N–H and O–H groups in total. The number of nitrogens with zero attached hydrogens (tertiary/aromatic N) is 1. The summed E-state index contributed by atoms with van der Waals surface area (Å²) in [6, 6.07) is 0. The van der Waals surface area contributed by atoms with E-state index in [4.69, 9.17) is 9.94 Å². The molecule has 0 aliphatic heterocycles. The minimum atomic E-state index is -3.99. The quantitative estimate of drug-likeness (QED) is 0.743. The molecule has 1 heterocycles. The Morgan fingerprint density at radius 2 is 2.29 bits per heavy atom. The van der Waals surface area contributed by atoms with Crippen molar-refractivity contribution in [2.75, 3.05) is 6.61 Å². The number of hydrogen-bond donors (Lipinski definition) is 2. The Bertz CT molecular complexity index is 494. The van der Waals surface area contributed by atoms with Gasteiger partial charge in [0.2, 0.25) is 0 Å². The summed E-state index contributed by atoms with van der Waals surface area (Å²) in [5.74, 6) is -1.24. The normalized spacial score (nSPS) is 11.9. The maximum absolute atomic E-state index is 11.7. The Kier molecular flexibility index (Phi) is 4.57. The summed E-state index contributed by atoms with van der Waals surface area (Å²) in [5.41, 5.74) is 0.649. The SMILES string of the molecule is CC(C)CONS(=O)(=O)c1scnc1C(=O)O. The highest BCUT2D eigenvalue weighted by Gasteiger charge is 2.25. The molecule has 17 heavy (non-hydrogen) atoms. The van der Waals surface area contributed by atoms with Gasteiger partial charge >= 0.3 is 5.97 Å². The molecule has 0 unspecified atom stereocenters. The Hall–Kier alpha value is -1.03. The van der Waals surface area contributed by atoms with Crippen LogP contribution in [0.2, 0.25) is 0 Å². The molecule has 0 fully saturated rings. The van der Waals surface area contributed by atoms with E-state index in [9.17, 15) is 13.2 Å². The van der Waals surface area contributed by atoms with E-state index >= 15 is 0 Å². The molecule has 0 aromatic carbocycles. The monoisotopic (exact) mass is 280 g/mol. The van der Waals surface area contributed by atoms with Gasteiger partial charge in [0.1, 0.15) is 0 Å². The number of rotatable bonds is 6. The number of aromatic carboxylic acids is 1. The van der Waals surface area contributed by atoms with Gasteiger partial charge < -0.3 is 5.11 Å². The average Bonchev–Trinajstić information content (AvgIpc) is 2.65. The Morgan fingerprint density at radius 3 is 2.82 bits per heavy atom. The first kappa shape index (κ1) is 14.0. The molecular formula is C8H12N2O5S2. The standard InChI is InChI=1S/C8H12N2O5S2/c1-5(2)3-15-10-17(13,14)8-6(7(11)12)9-4-16-8/h4-5,10H,3H2,1-2H3,(H,11,12). The van der Waals surface area contributed by atoms with E-state index in [0.717, 1.165) is 16.8 Å². The van der Waals surface area contributed by atoms with Crippen molar-refractivity contribution < 1.29 is 23.2 Å². The second-order valence-electron chi connectivity index (χ2n) is 3.59. The van der Waals surface area contributed by atoms with Gasteiger partial charge in [0.15, 0.2) is 9.90 Å². The molecule has 1 rings (SSSR count). The number of carboxylic acid groups (broad SMARTS) is 1. The maximum Gasteiger partial charge on any atom is 0.356 e. The largest absolute Gasteiger partial charge is 0.476 e. The second-order valence-corrected chi connectivity index (χ2v) is 6.28. The number of hydrogen-bond acceptors (Lipinski definition) is 6. The summed E-state index contributed by atoms with van der Waals surface area (Å²) >= 11 is 0.721. The number of nitrogens with one attached hydrogen (secondary N) is 1. The summed E-state index contributed by atoms with van der Waals surface area (Å²) in [4.78, 5) is 20.8. The van der Waals surface area contributed by atoms with Crippen LogP contribution < -0.4 is 4.89 Å². The van der Waals surface area contributed by atoms with E-state index in [1.807, 2.05) is 18.7 Å². The van der Waals surface area contributed by atoms with Crippen LogP contribution in [0.5, 0.6) is 0 Å². The number of thiazole rings is 1. The lowest BCUT2D eigenvalue weighted by Crippen LogP contribution is -2.26. The van der Waals surface area contributed by atoms with E-state index in [0.29, 0.717) is 0 Å². The van der Waals surface area contributed by atoms with E-state index in [-0.39, 0.29) is 16.7 Å². The summed E-state index contributed by atoms with van der Waals surface area (Å²) in [7, 11) is -3.99. The van der Waals surface area contributed by atoms with Crippen molar-refractivity contribution in [3.63, 3.8) is 0 Å². The summed E-state index contributed by atoms with van der Waals surface area (Å²) in [6.07, 6.45) is 0. The molecule has 1 aromatic rings. The maximum atomic E-state index is 11.7. The minimum Gasteiger partial charge on any atom is -0.476 e. The number of carbonyl (C=O) groups is 1. The molecule has 0 spiro atoms.